The maximum atomic E-state index is 11.5. The summed E-state index contributed by atoms with van der Waals surface area (Å²) in [5.74, 6) is 0.0266. The van der Waals surface area contributed by atoms with Crippen molar-refractivity contribution in [3.05, 3.63) is 17.7 Å². The molecule has 6 N–H and O–H groups in total. The average molecular weight is 287 g/mol. The summed E-state index contributed by atoms with van der Waals surface area (Å²) in [6.07, 6.45) is 0. The molecule has 0 bridgehead atoms. The number of nitrogens with one attached hydrogen (secondary N) is 1. The largest absolute Gasteiger partial charge is 0.399 e. The van der Waals surface area contributed by atoms with Crippen LogP contribution in [0.3, 0.4) is 0 Å². The van der Waals surface area contributed by atoms with Crippen LogP contribution < -0.4 is 16.2 Å². The third kappa shape index (κ3) is 3.82. The number of anilines is 2. The van der Waals surface area contributed by atoms with E-state index < -0.39 is 10.0 Å². The molecule has 0 amide bonds. The first-order chi connectivity index (χ1) is 8.66. The van der Waals surface area contributed by atoms with Gasteiger partial charge in [0.15, 0.2) is 0 Å². The molecular weight excluding hydrogens is 266 g/mol. The highest BCUT2D eigenvalue weighted by Gasteiger charge is 2.18. The quantitative estimate of drug-likeness (QED) is 0.593. The number of aliphatic hydroxyl groups excluding tert-OH is 1. The van der Waals surface area contributed by atoms with E-state index in [4.69, 9.17) is 16.0 Å². The highest BCUT2D eigenvalue weighted by molar-refractivity contribution is 7.89. The Hall–Kier alpha value is -1.31. The minimum atomic E-state index is -3.81. The van der Waals surface area contributed by atoms with Gasteiger partial charge in [0.05, 0.1) is 4.90 Å². The number of sulfonamides is 1. The zero-order valence-electron chi connectivity index (χ0n) is 11.3. The van der Waals surface area contributed by atoms with Crippen molar-refractivity contribution in [2.45, 2.75) is 31.7 Å². The van der Waals surface area contributed by atoms with Gasteiger partial charge in [-0.3, -0.25) is 0 Å². The lowest BCUT2D eigenvalue weighted by atomic mass is 10.0. The summed E-state index contributed by atoms with van der Waals surface area (Å²) < 4.78 is 23.0. The fourth-order valence-electron chi connectivity index (χ4n) is 1.70. The van der Waals surface area contributed by atoms with Gasteiger partial charge in [0, 0.05) is 24.0 Å². The van der Waals surface area contributed by atoms with Crippen molar-refractivity contribution in [3.63, 3.8) is 0 Å². The van der Waals surface area contributed by atoms with E-state index >= 15 is 0 Å². The second kappa shape index (κ2) is 5.77. The lowest BCUT2D eigenvalue weighted by Crippen LogP contribution is -2.27. The Bertz CT molecular complexity index is 558. The normalized spacial score (nSPS) is 15.0. The number of rotatable bonds is 5. The first kappa shape index (κ1) is 15.7. The van der Waals surface area contributed by atoms with E-state index in [1.165, 1.54) is 6.07 Å². The maximum absolute atomic E-state index is 11.5. The summed E-state index contributed by atoms with van der Waals surface area (Å²) in [6, 6.07) is 2.97. The molecule has 0 aliphatic heterocycles. The number of aliphatic hydroxyl groups is 1. The van der Waals surface area contributed by atoms with Gasteiger partial charge in [-0.2, -0.15) is 0 Å². The Morgan fingerprint density at radius 1 is 1.37 bits per heavy atom. The van der Waals surface area contributed by atoms with Crippen LogP contribution in [0.4, 0.5) is 11.4 Å². The zero-order chi connectivity index (χ0) is 14.8. The molecule has 0 radical (unpaired) electrons. The Balaban J connectivity index is 3.20. The van der Waals surface area contributed by atoms with Crippen LogP contribution in [0, 0.1) is 12.8 Å². The monoisotopic (exact) mass is 287 g/mol. The molecule has 2 atom stereocenters. The highest BCUT2D eigenvalue weighted by Crippen LogP contribution is 2.27. The molecule has 0 aromatic heterocycles. The smallest absolute Gasteiger partial charge is 0.238 e. The number of hydrogen-bond acceptors (Lipinski definition) is 5. The third-order valence-electron chi connectivity index (χ3n) is 3.21. The standard InChI is InChI=1S/C12H21N3O3S/c1-7(6-16)9(3)15-11-4-10(13)5-12(8(11)2)19(14,17)18/h4-5,7,9,15-16H,6,13H2,1-3H3,(H2,14,17,18). The Morgan fingerprint density at radius 2 is 1.95 bits per heavy atom. The number of nitrogens with two attached hydrogens (primary N) is 2. The summed E-state index contributed by atoms with van der Waals surface area (Å²) in [4.78, 5) is 0.0128. The van der Waals surface area contributed by atoms with Crippen molar-refractivity contribution in [1.82, 2.24) is 0 Å². The van der Waals surface area contributed by atoms with E-state index in [0.717, 1.165) is 0 Å². The summed E-state index contributed by atoms with van der Waals surface area (Å²) in [6.45, 7) is 5.50. The molecule has 1 aromatic rings. The molecule has 7 heteroatoms. The molecule has 0 aliphatic carbocycles. The fraction of sp³-hybridized carbons (Fsp3) is 0.500. The first-order valence-electron chi connectivity index (χ1n) is 5.97. The maximum Gasteiger partial charge on any atom is 0.238 e. The van der Waals surface area contributed by atoms with Crippen LogP contribution in [0.1, 0.15) is 19.4 Å². The van der Waals surface area contributed by atoms with Crippen molar-refractivity contribution in [2.24, 2.45) is 11.1 Å². The number of benzene rings is 1. The van der Waals surface area contributed by atoms with E-state index in [0.29, 0.717) is 16.9 Å². The molecule has 0 saturated heterocycles. The van der Waals surface area contributed by atoms with Gasteiger partial charge in [-0.25, -0.2) is 13.6 Å². The number of nitrogen functional groups attached to an aromatic ring is 1. The Morgan fingerprint density at radius 3 is 2.42 bits per heavy atom. The SMILES string of the molecule is Cc1c(NC(C)C(C)CO)cc(N)cc1S(N)(=O)=O. The number of primary sulfonamides is 1. The minimum absolute atomic E-state index is 0.0128. The fourth-order valence-corrected chi connectivity index (χ4v) is 2.54. The van der Waals surface area contributed by atoms with Crippen molar-refractivity contribution < 1.29 is 13.5 Å². The Kier molecular flexibility index (Phi) is 4.78. The molecule has 0 heterocycles. The topological polar surface area (TPSA) is 118 Å². The van der Waals surface area contributed by atoms with Crippen LogP contribution in [0.2, 0.25) is 0 Å². The molecule has 1 rings (SSSR count). The zero-order valence-corrected chi connectivity index (χ0v) is 12.2. The van der Waals surface area contributed by atoms with Gasteiger partial charge in [-0.1, -0.05) is 6.92 Å². The molecule has 1 aromatic carbocycles. The lowest BCUT2D eigenvalue weighted by molar-refractivity contribution is 0.226. The van der Waals surface area contributed by atoms with E-state index in [9.17, 15) is 8.42 Å². The Labute approximate surface area is 113 Å². The molecule has 0 fully saturated rings. The summed E-state index contributed by atoms with van der Waals surface area (Å²) in [5.41, 5.74) is 7.15. The second-order valence-corrected chi connectivity index (χ2v) is 6.36. The molecule has 108 valence electrons. The van der Waals surface area contributed by atoms with Crippen LogP contribution in [0.15, 0.2) is 17.0 Å². The predicted octanol–water partition coefficient (Wildman–Crippen LogP) is 0.653. The third-order valence-corrected chi connectivity index (χ3v) is 4.25. The van der Waals surface area contributed by atoms with Gasteiger partial charge in [0.2, 0.25) is 10.0 Å². The average Bonchev–Trinajstić information content (AvgIpc) is 2.30. The van der Waals surface area contributed by atoms with Gasteiger partial charge in [0.25, 0.3) is 0 Å². The van der Waals surface area contributed by atoms with Gasteiger partial charge in [-0.05, 0) is 37.5 Å². The van der Waals surface area contributed by atoms with Gasteiger partial charge in [0.1, 0.15) is 0 Å². The number of hydrogen-bond donors (Lipinski definition) is 4. The van der Waals surface area contributed by atoms with Crippen LogP contribution in [-0.4, -0.2) is 26.2 Å². The van der Waals surface area contributed by atoms with E-state index in [2.05, 4.69) is 5.32 Å². The van der Waals surface area contributed by atoms with Gasteiger partial charge in [-0.15, -0.1) is 0 Å². The summed E-state index contributed by atoms with van der Waals surface area (Å²) in [5, 5.41) is 17.4. The van der Waals surface area contributed by atoms with Crippen molar-refractivity contribution in [2.75, 3.05) is 17.7 Å². The molecule has 2 unspecified atom stereocenters. The van der Waals surface area contributed by atoms with Crippen LogP contribution in [0.25, 0.3) is 0 Å². The van der Waals surface area contributed by atoms with Crippen LogP contribution in [0.5, 0.6) is 0 Å². The second-order valence-electron chi connectivity index (χ2n) is 4.83. The predicted molar refractivity (Wildman–Crippen MR) is 76.3 cm³/mol. The molecule has 0 aliphatic rings. The molecular formula is C12H21N3O3S. The molecule has 6 nitrogen and oxygen atoms in total. The van der Waals surface area contributed by atoms with Crippen molar-refractivity contribution in [3.8, 4) is 0 Å². The minimum Gasteiger partial charge on any atom is -0.399 e. The van der Waals surface area contributed by atoms with Crippen LogP contribution in [-0.2, 0) is 10.0 Å². The first-order valence-corrected chi connectivity index (χ1v) is 7.51. The highest BCUT2D eigenvalue weighted by atomic mass is 32.2. The molecule has 19 heavy (non-hydrogen) atoms. The van der Waals surface area contributed by atoms with Crippen molar-refractivity contribution >= 4 is 21.4 Å². The van der Waals surface area contributed by atoms with E-state index in [-0.39, 0.29) is 23.5 Å². The van der Waals surface area contributed by atoms with Gasteiger partial charge < -0.3 is 16.2 Å². The summed E-state index contributed by atoms with van der Waals surface area (Å²) in [7, 11) is -3.81. The van der Waals surface area contributed by atoms with Crippen molar-refractivity contribution in [1.29, 1.82) is 0 Å². The van der Waals surface area contributed by atoms with Crippen LogP contribution >= 0.6 is 0 Å². The lowest BCUT2D eigenvalue weighted by Gasteiger charge is -2.22. The molecule has 0 saturated carbocycles. The van der Waals surface area contributed by atoms with E-state index in [1.807, 2.05) is 13.8 Å². The van der Waals surface area contributed by atoms with Gasteiger partial charge >= 0.3 is 0 Å². The van der Waals surface area contributed by atoms with E-state index in [1.54, 1.807) is 13.0 Å². The summed E-state index contributed by atoms with van der Waals surface area (Å²) >= 11 is 0. The molecule has 0 spiro atoms.